The lowest BCUT2D eigenvalue weighted by atomic mass is 10.3. The molecule has 1 fully saturated rings. The first-order valence-electron chi connectivity index (χ1n) is 8.01. The van der Waals surface area contributed by atoms with Crippen molar-refractivity contribution in [3.05, 3.63) is 24.5 Å². The first-order chi connectivity index (χ1) is 11.8. The van der Waals surface area contributed by atoms with E-state index in [4.69, 9.17) is 6.42 Å². The second kappa shape index (κ2) is 7.70. The molecule has 24 heavy (non-hydrogen) atoms. The van der Waals surface area contributed by atoms with Crippen LogP contribution in [0.15, 0.2) is 24.5 Å². The van der Waals surface area contributed by atoms with Crippen molar-refractivity contribution in [1.82, 2.24) is 25.2 Å². The quantitative estimate of drug-likeness (QED) is 0.815. The van der Waals surface area contributed by atoms with Crippen molar-refractivity contribution in [3.63, 3.8) is 0 Å². The van der Waals surface area contributed by atoms with E-state index in [1.807, 2.05) is 12.1 Å². The monoisotopic (exact) mass is 324 g/mol. The van der Waals surface area contributed by atoms with Gasteiger partial charge < -0.3 is 10.2 Å². The van der Waals surface area contributed by atoms with Crippen molar-refractivity contribution in [1.29, 1.82) is 0 Å². The Kier molecular flexibility index (Phi) is 5.18. The number of anilines is 1. The summed E-state index contributed by atoms with van der Waals surface area (Å²) in [6, 6.07) is 3.92. The predicted molar refractivity (Wildman–Crippen MR) is 92.4 cm³/mol. The number of amides is 1. The smallest absolute Gasteiger partial charge is 0.234 e. The summed E-state index contributed by atoms with van der Waals surface area (Å²) in [6.45, 7) is 4.08. The van der Waals surface area contributed by atoms with Gasteiger partial charge in [0.05, 0.1) is 13.1 Å². The van der Waals surface area contributed by atoms with E-state index in [1.54, 1.807) is 12.4 Å². The Balaban J connectivity index is 1.62. The Morgan fingerprint density at radius 2 is 2.08 bits per heavy atom. The highest BCUT2D eigenvalue weighted by molar-refractivity contribution is 5.78. The fraction of sp³-hybridized carbons (Fsp3) is 0.412. The van der Waals surface area contributed by atoms with E-state index in [0.29, 0.717) is 12.2 Å². The Morgan fingerprint density at radius 1 is 1.21 bits per heavy atom. The summed E-state index contributed by atoms with van der Waals surface area (Å²) in [5.41, 5.74) is 1.45. The van der Waals surface area contributed by atoms with Gasteiger partial charge in [-0.1, -0.05) is 5.92 Å². The highest BCUT2D eigenvalue weighted by Gasteiger charge is 2.18. The second-order valence-corrected chi connectivity index (χ2v) is 5.67. The number of pyridine rings is 1. The van der Waals surface area contributed by atoms with E-state index in [-0.39, 0.29) is 12.5 Å². The summed E-state index contributed by atoms with van der Waals surface area (Å²) in [5, 5.41) is 2.71. The molecule has 1 aliphatic heterocycles. The third kappa shape index (κ3) is 3.97. The molecule has 0 saturated carbocycles. The molecule has 1 amide bonds. The zero-order chi connectivity index (χ0) is 16.8. The van der Waals surface area contributed by atoms with E-state index < -0.39 is 0 Å². The third-order valence-electron chi connectivity index (χ3n) is 3.98. The van der Waals surface area contributed by atoms with Crippen LogP contribution < -0.4 is 10.2 Å². The summed E-state index contributed by atoms with van der Waals surface area (Å²) < 4.78 is 0. The van der Waals surface area contributed by atoms with Crippen LogP contribution >= 0.6 is 0 Å². The third-order valence-corrected chi connectivity index (χ3v) is 3.98. The zero-order valence-electron chi connectivity index (χ0n) is 13.5. The number of nitrogens with zero attached hydrogens (tertiary/aromatic N) is 5. The van der Waals surface area contributed by atoms with Crippen LogP contribution in [-0.4, -0.2) is 65.0 Å². The molecule has 0 atom stereocenters. The minimum Gasteiger partial charge on any atom is -0.355 e. The lowest BCUT2D eigenvalue weighted by molar-refractivity contribution is -0.121. The minimum absolute atomic E-state index is 0.0273. The molecule has 0 bridgehead atoms. The van der Waals surface area contributed by atoms with Gasteiger partial charge in [0.1, 0.15) is 11.3 Å². The Bertz CT molecular complexity index is 756. The van der Waals surface area contributed by atoms with Crippen LogP contribution in [0.1, 0.15) is 6.42 Å². The average molecular weight is 324 g/mol. The van der Waals surface area contributed by atoms with Gasteiger partial charge in [0.25, 0.3) is 0 Å². The fourth-order valence-electron chi connectivity index (χ4n) is 2.79. The first-order valence-corrected chi connectivity index (χ1v) is 8.01. The van der Waals surface area contributed by atoms with E-state index in [1.165, 1.54) is 0 Å². The second-order valence-electron chi connectivity index (χ2n) is 5.67. The van der Waals surface area contributed by atoms with Crippen molar-refractivity contribution >= 4 is 22.9 Å². The maximum absolute atomic E-state index is 11.8. The number of aromatic nitrogens is 3. The van der Waals surface area contributed by atoms with Gasteiger partial charge in [0.2, 0.25) is 5.91 Å². The molecule has 3 rings (SSSR count). The van der Waals surface area contributed by atoms with Gasteiger partial charge in [-0.2, -0.15) is 0 Å². The van der Waals surface area contributed by atoms with Gasteiger partial charge in [-0.15, -0.1) is 6.42 Å². The summed E-state index contributed by atoms with van der Waals surface area (Å²) >= 11 is 0. The Morgan fingerprint density at radius 3 is 2.96 bits per heavy atom. The standard InChI is InChI=1S/C17H20N6O/c1-2-6-19-16(24)13-22-9-3-10-23(12-11-22)15-5-4-14-17(21-15)20-8-7-18-14/h1,4-5,7-8H,3,6,9-13H2,(H,19,24). The van der Waals surface area contributed by atoms with Crippen LogP contribution in [0.2, 0.25) is 0 Å². The van der Waals surface area contributed by atoms with Gasteiger partial charge in [0.15, 0.2) is 5.65 Å². The van der Waals surface area contributed by atoms with E-state index in [9.17, 15) is 4.79 Å². The van der Waals surface area contributed by atoms with Crippen LogP contribution in [0, 0.1) is 12.3 Å². The number of hydrogen-bond donors (Lipinski definition) is 1. The molecule has 1 saturated heterocycles. The molecule has 7 nitrogen and oxygen atoms in total. The van der Waals surface area contributed by atoms with E-state index in [2.05, 4.69) is 36.0 Å². The van der Waals surface area contributed by atoms with Crippen molar-refractivity contribution < 1.29 is 4.79 Å². The molecule has 2 aromatic heterocycles. The molecule has 2 aromatic rings. The van der Waals surface area contributed by atoms with Crippen LogP contribution in [0.4, 0.5) is 5.82 Å². The van der Waals surface area contributed by atoms with Crippen LogP contribution in [0.3, 0.4) is 0 Å². The Labute approximate surface area is 141 Å². The molecule has 7 heteroatoms. The van der Waals surface area contributed by atoms with Gasteiger partial charge >= 0.3 is 0 Å². The maximum Gasteiger partial charge on any atom is 0.234 e. The molecule has 0 aromatic carbocycles. The number of carbonyl (C=O) groups is 1. The molecule has 1 aliphatic rings. The topological polar surface area (TPSA) is 74.2 Å². The summed E-state index contributed by atoms with van der Waals surface area (Å²) in [5.74, 6) is 3.29. The predicted octanol–water partition coefficient (Wildman–Crippen LogP) is 0.286. The fourth-order valence-corrected chi connectivity index (χ4v) is 2.79. The molecule has 124 valence electrons. The molecule has 0 radical (unpaired) electrons. The van der Waals surface area contributed by atoms with Crippen molar-refractivity contribution in [2.24, 2.45) is 0 Å². The first kappa shape index (κ1) is 16.1. The number of nitrogens with one attached hydrogen (secondary N) is 1. The lowest BCUT2D eigenvalue weighted by Gasteiger charge is -2.22. The molecule has 0 aliphatic carbocycles. The molecular formula is C17H20N6O. The summed E-state index contributed by atoms with van der Waals surface area (Å²) in [4.78, 5) is 29.3. The van der Waals surface area contributed by atoms with Crippen molar-refractivity contribution in [2.45, 2.75) is 6.42 Å². The highest BCUT2D eigenvalue weighted by Crippen LogP contribution is 2.16. The molecule has 0 unspecified atom stereocenters. The SMILES string of the molecule is C#CCNC(=O)CN1CCCN(c2ccc3nccnc3n2)CC1. The van der Waals surface area contributed by atoms with Gasteiger partial charge in [-0.25, -0.2) is 9.97 Å². The van der Waals surface area contributed by atoms with Gasteiger partial charge in [-0.05, 0) is 18.6 Å². The number of rotatable bonds is 4. The molecule has 0 spiro atoms. The largest absolute Gasteiger partial charge is 0.355 e. The van der Waals surface area contributed by atoms with E-state index in [0.717, 1.165) is 43.9 Å². The Hall–Kier alpha value is -2.72. The summed E-state index contributed by atoms with van der Waals surface area (Å²) in [6.07, 6.45) is 9.45. The molecule has 1 N–H and O–H groups in total. The van der Waals surface area contributed by atoms with E-state index >= 15 is 0 Å². The van der Waals surface area contributed by atoms with Crippen LogP contribution in [0.5, 0.6) is 0 Å². The number of hydrogen-bond acceptors (Lipinski definition) is 6. The number of terminal acetylenes is 1. The highest BCUT2D eigenvalue weighted by atomic mass is 16.2. The van der Waals surface area contributed by atoms with Crippen LogP contribution in [-0.2, 0) is 4.79 Å². The normalized spacial score (nSPS) is 15.7. The number of carbonyl (C=O) groups excluding carboxylic acids is 1. The minimum atomic E-state index is -0.0273. The van der Waals surface area contributed by atoms with Crippen LogP contribution in [0.25, 0.3) is 11.2 Å². The van der Waals surface area contributed by atoms with Crippen molar-refractivity contribution in [2.75, 3.05) is 44.2 Å². The van der Waals surface area contributed by atoms with Gasteiger partial charge in [0, 0.05) is 38.6 Å². The lowest BCUT2D eigenvalue weighted by Crippen LogP contribution is -2.39. The maximum atomic E-state index is 11.8. The van der Waals surface area contributed by atoms with Gasteiger partial charge in [-0.3, -0.25) is 14.7 Å². The summed E-state index contributed by atoms with van der Waals surface area (Å²) in [7, 11) is 0. The zero-order valence-corrected chi connectivity index (χ0v) is 13.5. The molecule has 3 heterocycles. The average Bonchev–Trinajstić information content (AvgIpc) is 2.85. The molecular weight excluding hydrogens is 304 g/mol. The number of fused-ring (bicyclic) bond motifs is 1. The van der Waals surface area contributed by atoms with Crippen molar-refractivity contribution in [3.8, 4) is 12.3 Å².